The fourth-order valence-electron chi connectivity index (χ4n) is 2.14. The van der Waals surface area contributed by atoms with Crippen LogP contribution in [0.3, 0.4) is 0 Å². The summed E-state index contributed by atoms with van der Waals surface area (Å²) >= 11 is 0. The van der Waals surface area contributed by atoms with Crippen molar-refractivity contribution in [2.45, 2.75) is 13.2 Å². The molecule has 0 spiro atoms. The standard InChI is InChI=1S/C20H18FNO2/c21-18-8-10-19(11-9-18)22-24-15-17-6-12-20(13-7-17)23-14-16-4-2-1-3-5-16/h1-13,22H,14-15H2. The molecule has 0 amide bonds. The lowest BCUT2D eigenvalue weighted by Crippen LogP contribution is -2.01. The molecule has 3 rings (SSSR count). The average Bonchev–Trinajstić information content (AvgIpc) is 2.64. The Labute approximate surface area is 140 Å². The number of hydrogen-bond acceptors (Lipinski definition) is 3. The fourth-order valence-corrected chi connectivity index (χ4v) is 2.14. The van der Waals surface area contributed by atoms with Crippen LogP contribution in [-0.2, 0) is 18.1 Å². The van der Waals surface area contributed by atoms with E-state index in [2.05, 4.69) is 5.48 Å². The van der Waals surface area contributed by atoms with Crippen molar-refractivity contribution in [2.75, 3.05) is 5.48 Å². The molecule has 0 saturated heterocycles. The third-order valence-electron chi connectivity index (χ3n) is 3.44. The molecule has 0 fully saturated rings. The van der Waals surface area contributed by atoms with Crippen molar-refractivity contribution in [2.24, 2.45) is 0 Å². The van der Waals surface area contributed by atoms with Gasteiger partial charge in [0.2, 0.25) is 0 Å². The molecule has 24 heavy (non-hydrogen) atoms. The summed E-state index contributed by atoms with van der Waals surface area (Å²) in [7, 11) is 0. The quantitative estimate of drug-likeness (QED) is 0.624. The maximum atomic E-state index is 12.8. The molecular weight excluding hydrogens is 305 g/mol. The first kappa shape index (κ1) is 16.0. The first-order valence-corrected chi connectivity index (χ1v) is 7.69. The summed E-state index contributed by atoms with van der Waals surface area (Å²) in [5.74, 6) is 0.542. The highest BCUT2D eigenvalue weighted by Gasteiger charge is 1.98. The molecule has 122 valence electrons. The Morgan fingerprint density at radius 2 is 1.38 bits per heavy atom. The van der Waals surface area contributed by atoms with E-state index in [0.717, 1.165) is 16.9 Å². The van der Waals surface area contributed by atoms with Gasteiger partial charge in [0.05, 0.1) is 12.3 Å². The molecule has 3 nitrogen and oxygen atoms in total. The van der Waals surface area contributed by atoms with Crippen LogP contribution in [0.2, 0.25) is 0 Å². The van der Waals surface area contributed by atoms with E-state index in [1.165, 1.54) is 12.1 Å². The zero-order valence-corrected chi connectivity index (χ0v) is 13.1. The smallest absolute Gasteiger partial charge is 0.123 e. The van der Waals surface area contributed by atoms with E-state index < -0.39 is 0 Å². The molecule has 0 atom stereocenters. The highest BCUT2D eigenvalue weighted by molar-refractivity contribution is 5.40. The Morgan fingerprint density at radius 1 is 0.708 bits per heavy atom. The topological polar surface area (TPSA) is 30.5 Å². The lowest BCUT2D eigenvalue weighted by molar-refractivity contribution is 0.180. The fraction of sp³-hybridized carbons (Fsp3) is 0.100. The highest BCUT2D eigenvalue weighted by atomic mass is 19.1. The van der Waals surface area contributed by atoms with Gasteiger partial charge < -0.3 is 4.74 Å². The number of halogens is 1. The third-order valence-corrected chi connectivity index (χ3v) is 3.44. The molecule has 3 aromatic rings. The Bertz CT molecular complexity index is 743. The van der Waals surface area contributed by atoms with Crippen LogP contribution in [0, 0.1) is 5.82 Å². The Morgan fingerprint density at radius 3 is 2.08 bits per heavy atom. The van der Waals surface area contributed by atoms with Gasteiger partial charge in [-0.2, -0.15) is 0 Å². The van der Waals surface area contributed by atoms with Crippen LogP contribution < -0.4 is 10.2 Å². The second-order valence-corrected chi connectivity index (χ2v) is 5.32. The minimum atomic E-state index is -0.272. The maximum Gasteiger partial charge on any atom is 0.123 e. The lowest BCUT2D eigenvalue weighted by Gasteiger charge is -2.09. The number of anilines is 1. The van der Waals surface area contributed by atoms with Crippen LogP contribution in [0.25, 0.3) is 0 Å². The van der Waals surface area contributed by atoms with E-state index in [4.69, 9.17) is 9.57 Å². The van der Waals surface area contributed by atoms with Crippen LogP contribution in [0.5, 0.6) is 5.75 Å². The number of nitrogens with one attached hydrogen (secondary N) is 1. The van der Waals surface area contributed by atoms with Gasteiger partial charge in [0.25, 0.3) is 0 Å². The number of ether oxygens (including phenoxy) is 1. The summed E-state index contributed by atoms with van der Waals surface area (Å²) in [4.78, 5) is 5.40. The van der Waals surface area contributed by atoms with Crippen LogP contribution in [0.15, 0.2) is 78.9 Å². The molecule has 0 saturated carbocycles. The SMILES string of the molecule is Fc1ccc(NOCc2ccc(OCc3ccccc3)cc2)cc1. The van der Waals surface area contributed by atoms with Gasteiger partial charge in [0.15, 0.2) is 0 Å². The zero-order chi connectivity index (χ0) is 16.6. The van der Waals surface area contributed by atoms with Gasteiger partial charge in [-0.05, 0) is 47.5 Å². The van der Waals surface area contributed by atoms with Gasteiger partial charge >= 0.3 is 0 Å². The molecule has 1 N–H and O–H groups in total. The van der Waals surface area contributed by atoms with Crippen molar-refractivity contribution in [1.82, 2.24) is 0 Å². The summed E-state index contributed by atoms with van der Waals surface area (Å²) in [6.45, 7) is 0.944. The number of hydrogen-bond donors (Lipinski definition) is 1. The Hall–Kier alpha value is -2.85. The molecule has 3 aromatic carbocycles. The van der Waals surface area contributed by atoms with Crippen molar-refractivity contribution < 1.29 is 14.0 Å². The number of benzene rings is 3. The van der Waals surface area contributed by atoms with E-state index in [1.54, 1.807) is 12.1 Å². The number of rotatable bonds is 7. The molecule has 0 heterocycles. The summed E-state index contributed by atoms with van der Waals surface area (Å²) in [5, 5.41) is 0. The van der Waals surface area contributed by atoms with Crippen LogP contribution >= 0.6 is 0 Å². The van der Waals surface area contributed by atoms with Gasteiger partial charge in [-0.15, -0.1) is 0 Å². The van der Waals surface area contributed by atoms with E-state index in [-0.39, 0.29) is 5.82 Å². The third kappa shape index (κ3) is 4.83. The molecule has 0 bridgehead atoms. The van der Waals surface area contributed by atoms with Crippen LogP contribution in [-0.4, -0.2) is 0 Å². The van der Waals surface area contributed by atoms with Crippen molar-refractivity contribution >= 4 is 5.69 Å². The minimum Gasteiger partial charge on any atom is -0.489 e. The Kier molecular flexibility index (Phi) is 5.43. The summed E-state index contributed by atoms with van der Waals surface area (Å²) in [6, 6.07) is 23.8. The van der Waals surface area contributed by atoms with Crippen molar-refractivity contribution in [1.29, 1.82) is 0 Å². The molecular formula is C20H18FNO2. The van der Waals surface area contributed by atoms with Gasteiger partial charge in [0, 0.05) is 0 Å². The van der Waals surface area contributed by atoms with Gasteiger partial charge in [-0.1, -0.05) is 42.5 Å². The van der Waals surface area contributed by atoms with E-state index in [9.17, 15) is 4.39 Å². The predicted molar refractivity (Wildman–Crippen MR) is 92.0 cm³/mol. The normalized spacial score (nSPS) is 10.4. The molecule has 0 aliphatic rings. The van der Waals surface area contributed by atoms with Gasteiger partial charge in [0.1, 0.15) is 18.2 Å². The summed E-state index contributed by atoms with van der Waals surface area (Å²) < 4.78 is 18.5. The zero-order valence-electron chi connectivity index (χ0n) is 13.1. The summed E-state index contributed by atoms with van der Waals surface area (Å²) in [6.07, 6.45) is 0. The van der Waals surface area contributed by atoms with E-state index >= 15 is 0 Å². The van der Waals surface area contributed by atoms with Crippen molar-refractivity contribution in [3.8, 4) is 5.75 Å². The molecule has 0 aromatic heterocycles. The average molecular weight is 323 g/mol. The van der Waals surface area contributed by atoms with E-state index in [0.29, 0.717) is 18.9 Å². The maximum absolute atomic E-state index is 12.8. The monoisotopic (exact) mass is 323 g/mol. The van der Waals surface area contributed by atoms with Gasteiger partial charge in [-0.25, -0.2) is 4.39 Å². The molecule has 0 aliphatic heterocycles. The first-order chi connectivity index (χ1) is 11.8. The van der Waals surface area contributed by atoms with Crippen molar-refractivity contribution in [3.05, 3.63) is 95.8 Å². The first-order valence-electron chi connectivity index (χ1n) is 7.69. The highest BCUT2D eigenvalue weighted by Crippen LogP contribution is 2.15. The lowest BCUT2D eigenvalue weighted by atomic mass is 10.2. The molecule has 4 heteroatoms. The van der Waals surface area contributed by atoms with Crippen LogP contribution in [0.1, 0.15) is 11.1 Å². The van der Waals surface area contributed by atoms with Gasteiger partial charge in [-0.3, -0.25) is 10.3 Å². The summed E-state index contributed by atoms with van der Waals surface area (Å²) in [5.41, 5.74) is 5.63. The predicted octanol–water partition coefficient (Wildman–Crippen LogP) is 4.95. The van der Waals surface area contributed by atoms with Crippen LogP contribution in [0.4, 0.5) is 10.1 Å². The Balaban J connectivity index is 1.45. The molecule has 0 aliphatic carbocycles. The largest absolute Gasteiger partial charge is 0.489 e. The second kappa shape index (κ2) is 8.13. The molecule has 0 unspecified atom stereocenters. The second-order valence-electron chi connectivity index (χ2n) is 5.32. The molecule has 0 radical (unpaired) electrons. The van der Waals surface area contributed by atoms with E-state index in [1.807, 2.05) is 54.6 Å². The van der Waals surface area contributed by atoms with Crippen molar-refractivity contribution in [3.63, 3.8) is 0 Å². The minimum absolute atomic E-state index is 0.272.